The molecule has 2 nitrogen and oxygen atoms in total. The lowest BCUT2D eigenvalue weighted by atomic mass is 9.44. The van der Waals surface area contributed by atoms with Crippen molar-refractivity contribution in [1.29, 1.82) is 0 Å². The van der Waals surface area contributed by atoms with Crippen LogP contribution in [0.2, 0.25) is 0 Å². The van der Waals surface area contributed by atoms with Gasteiger partial charge in [-0.2, -0.15) is 0 Å². The van der Waals surface area contributed by atoms with E-state index in [1.54, 1.807) is 0 Å². The third-order valence-corrected chi connectivity index (χ3v) is 10.7. The van der Waals surface area contributed by atoms with E-state index in [4.69, 9.17) is 0 Å². The Balaban J connectivity index is 1.51. The van der Waals surface area contributed by atoms with Gasteiger partial charge in [0, 0.05) is 12.8 Å². The largest absolute Gasteiger partial charge is 0.393 e. The maximum absolute atomic E-state index is 12.1. The third kappa shape index (κ3) is 3.64. The molecule has 0 aromatic rings. The molecule has 0 spiro atoms. The summed E-state index contributed by atoms with van der Waals surface area (Å²) in [6.45, 7) is 12.3. The molecule has 29 heavy (non-hydrogen) atoms. The zero-order valence-electron chi connectivity index (χ0n) is 19.8. The predicted octanol–water partition coefficient (Wildman–Crippen LogP) is 6.65. The van der Waals surface area contributed by atoms with E-state index in [1.807, 2.05) is 0 Å². The Bertz CT molecular complexity index is 612. The van der Waals surface area contributed by atoms with E-state index in [1.165, 1.54) is 44.9 Å². The van der Waals surface area contributed by atoms with Crippen LogP contribution in [-0.4, -0.2) is 17.0 Å². The van der Waals surface area contributed by atoms with Crippen LogP contribution in [0.5, 0.6) is 0 Å². The molecule has 0 saturated heterocycles. The normalized spacial score (nSPS) is 48.2. The molecule has 0 heterocycles. The van der Waals surface area contributed by atoms with Gasteiger partial charge >= 0.3 is 0 Å². The van der Waals surface area contributed by atoms with Gasteiger partial charge in [0.1, 0.15) is 5.78 Å². The minimum absolute atomic E-state index is 0.177. The lowest BCUT2D eigenvalue weighted by molar-refractivity contribution is -0.168. The summed E-state index contributed by atoms with van der Waals surface area (Å²) in [6.07, 6.45) is 12.7. The van der Waals surface area contributed by atoms with Crippen molar-refractivity contribution in [3.8, 4) is 0 Å². The van der Waals surface area contributed by atoms with Crippen LogP contribution in [0.25, 0.3) is 0 Å². The van der Waals surface area contributed by atoms with Crippen LogP contribution in [0.1, 0.15) is 105 Å². The molecular weight excluding hydrogens is 356 g/mol. The van der Waals surface area contributed by atoms with E-state index in [0.29, 0.717) is 40.3 Å². The lowest BCUT2D eigenvalue weighted by Gasteiger charge is -2.62. The van der Waals surface area contributed by atoms with Gasteiger partial charge < -0.3 is 5.11 Å². The summed E-state index contributed by atoms with van der Waals surface area (Å²) in [5.74, 6) is 5.16. The summed E-state index contributed by atoms with van der Waals surface area (Å²) in [5.41, 5.74) is 0.715. The fraction of sp³-hybridized carbons (Fsp3) is 0.963. The summed E-state index contributed by atoms with van der Waals surface area (Å²) in [6, 6.07) is 0. The Morgan fingerprint density at radius 1 is 1.00 bits per heavy atom. The molecule has 4 aliphatic rings. The average molecular weight is 403 g/mol. The van der Waals surface area contributed by atoms with E-state index in [9.17, 15) is 9.90 Å². The lowest BCUT2D eigenvalue weighted by Crippen LogP contribution is -2.58. The average Bonchev–Trinajstić information content (AvgIpc) is 3.00. The smallest absolute Gasteiger partial charge is 0.133 e. The van der Waals surface area contributed by atoms with Crippen molar-refractivity contribution in [2.45, 2.75) is 111 Å². The number of aliphatic hydroxyl groups excluding tert-OH is 1. The molecular formula is C27H46O2. The van der Waals surface area contributed by atoms with Gasteiger partial charge in [-0.3, -0.25) is 4.79 Å². The fourth-order valence-electron chi connectivity index (χ4n) is 9.04. The van der Waals surface area contributed by atoms with Crippen molar-refractivity contribution < 1.29 is 9.90 Å². The Morgan fingerprint density at radius 2 is 1.72 bits per heavy atom. The van der Waals surface area contributed by atoms with Gasteiger partial charge in [0.15, 0.2) is 0 Å². The summed E-state index contributed by atoms with van der Waals surface area (Å²) < 4.78 is 0. The van der Waals surface area contributed by atoms with Crippen LogP contribution in [0, 0.1) is 52.3 Å². The van der Waals surface area contributed by atoms with Crippen molar-refractivity contribution in [3.63, 3.8) is 0 Å². The van der Waals surface area contributed by atoms with Crippen molar-refractivity contribution >= 4 is 5.78 Å². The minimum atomic E-state index is -0.177. The molecule has 0 aliphatic heterocycles. The third-order valence-electron chi connectivity index (χ3n) is 10.7. The summed E-state index contributed by atoms with van der Waals surface area (Å²) in [5, 5.41) is 11.3. The molecule has 0 bridgehead atoms. The van der Waals surface area contributed by atoms with E-state index in [0.717, 1.165) is 43.4 Å². The van der Waals surface area contributed by atoms with Gasteiger partial charge in [-0.25, -0.2) is 0 Å². The second-order valence-electron chi connectivity index (χ2n) is 12.6. The van der Waals surface area contributed by atoms with Crippen LogP contribution >= 0.6 is 0 Å². The first kappa shape index (κ1) is 21.8. The Kier molecular flexibility index (Phi) is 5.99. The number of fused-ring (bicyclic) bond motifs is 5. The molecule has 0 aromatic heterocycles. The highest BCUT2D eigenvalue weighted by Gasteiger charge is 2.62. The van der Waals surface area contributed by atoms with Gasteiger partial charge in [-0.15, -0.1) is 0 Å². The number of hydrogen-bond donors (Lipinski definition) is 1. The molecule has 4 aliphatic carbocycles. The summed E-state index contributed by atoms with van der Waals surface area (Å²) in [7, 11) is 0. The van der Waals surface area contributed by atoms with Crippen LogP contribution in [0.4, 0.5) is 0 Å². The van der Waals surface area contributed by atoms with Gasteiger partial charge in [0.2, 0.25) is 0 Å². The van der Waals surface area contributed by atoms with E-state index < -0.39 is 0 Å². The molecule has 2 heteroatoms. The predicted molar refractivity (Wildman–Crippen MR) is 119 cm³/mol. The zero-order chi connectivity index (χ0) is 21.0. The van der Waals surface area contributed by atoms with Gasteiger partial charge in [0.25, 0.3) is 0 Å². The van der Waals surface area contributed by atoms with E-state index in [-0.39, 0.29) is 6.10 Å². The number of hydrogen-bond acceptors (Lipinski definition) is 2. The second-order valence-corrected chi connectivity index (χ2v) is 12.6. The van der Waals surface area contributed by atoms with Gasteiger partial charge in [0.05, 0.1) is 6.10 Å². The van der Waals surface area contributed by atoms with Gasteiger partial charge in [-0.1, -0.05) is 53.9 Å². The molecule has 4 rings (SSSR count). The first-order chi connectivity index (χ1) is 13.7. The van der Waals surface area contributed by atoms with Crippen molar-refractivity contribution in [3.05, 3.63) is 0 Å². The van der Waals surface area contributed by atoms with E-state index >= 15 is 0 Å². The highest BCUT2D eigenvalue weighted by atomic mass is 16.3. The molecule has 9 atom stereocenters. The van der Waals surface area contributed by atoms with Crippen molar-refractivity contribution in [2.24, 2.45) is 52.3 Å². The fourth-order valence-corrected chi connectivity index (χ4v) is 9.04. The molecule has 166 valence electrons. The molecule has 0 aromatic carbocycles. The molecule has 1 N–H and O–H groups in total. The first-order valence-electron chi connectivity index (χ1n) is 12.9. The Morgan fingerprint density at radius 3 is 2.45 bits per heavy atom. The Hall–Kier alpha value is -0.370. The number of rotatable bonds is 5. The minimum Gasteiger partial charge on any atom is -0.393 e. The number of carbonyl (C=O) groups excluding carboxylic acids is 1. The number of Topliss-reactive ketones (excluding diaryl/α,β-unsaturated/α-hetero) is 1. The molecule has 0 radical (unpaired) electrons. The van der Waals surface area contributed by atoms with Crippen molar-refractivity contribution in [2.75, 3.05) is 0 Å². The van der Waals surface area contributed by atoms with Crippen LogP contribution < -0.4 is 0 Å². The number of carbonyl (C=O) groups is 1. The second kappa shape index (κ2) is 7.95. The highest BCUT2D eigenvalue weighted by Crippen LogP contribution is 2.68. The standard InChI is InChI=1S/C27H46O2/c1-17(2)7-6-8-18(3)21-9-10-22-25-23(12-14-27(21,22)5)26(4)13-11-20(28)15-19(26)16-24(25)29/h17-19,21-25,29H,6-16H2,1-5H3/t18-,19+,21-,22+,23+,24-,25+,26+,27-/m1/s1. The highest BCUT2D eigenvalue weighted by molar-refractivity contribution is 5.79. The van der Waals surface area contributed by atoms with Crippen LogP contribution in [0.3, 0.4) is 0 Å². The first-order valence-corrected chi connectivity index (χ1v) is 12.9. The molecule has 0 unspecified atom stereocenters. The molecule has 4 fully saturated rings. The van der Waals surface area contributed by atoms with Gasteiger partial charge in [-0.05, 0) is 90.8 Å². The SMILES string of the molecule is CC(C)CCC[C@@H](C)[C@H]1CC[C@H]2[C@@H]3[C@H](O)C[C@@H]4CC(=O)CC[C@]4(C)[C@H]3CC[C@]12C. The summed E-state index contributed by atoms with van der Waals surface area (Å²) >= 11 is 0. The zero-order valence-corrected chi connectivity index (χ0v) is 19.8. The quantitative estimate of drug-likeness (QED) is 0.559. The Labute approximate surface area is 179 Å². The topological polar surface area (TPSA) is 37.3 Å². The monoisotopic (exact) mass is 402 g/mol. The molecule has 0 amide bonds. The number of aliphatic hydroxyl groups is 1. The summed E-state index contributed by atoms with van der Waals surface area (Å²) in [4.78, 5) is 12.1. The van der Waals surface area contributed by atoms with Crippen molar-refractivity contribution in [1.82, 2.24) is 0 Å². The number of ketones is 1. The van der Waals surface area contributed by atoms with Crippen LogP contribution in [0.15, 0.2) is 0 Å². The van der Waals surface area contributed by atoms with E-state index in [2.05, 4.69) is 34.6 Å². The maximum atomic E-state index is 12.1. The van der Waals surface area contributed by atoms with Crippen LogP contribution in [-0.2, 0) is 4.79 Å². The molecule has 4 saturated carbocycles. The maximum Gasteiger partial charge on any atom is 0.133 e.